The molecule has 5 aromatic rings. The van der Waals surface area contributed by atoms with Gasteiger partial charge in [-0.25, -0.2) is 0 Å². The van der Waals surface area contributed by atoms with Crippen molar-refractivity contribution in [3.05, 3.63) is 163 Å². The third kappa shape index (κ3) is 4.03. The SMILES string of the molecule is C(=C(c1ccccc1)[N+](c1ccccc1)(c1ccccc1)c1ccccc1)c1ccccc1. The molecule has 33 heavy (non-hydrogen) atoms. The number of benzene rings is 5. The Morgan fingerprint density at radius 1 is 0.394 bits per heavy atom. The van der Waals surface area contributed by atoms with E-state index in [0.717, 1.165) is 0 Å². The molecule has 0 saturated carbocycles. The lowest BCUT2D eigenvalue weighted by Crippen LogP contribution is -2.37. The lowest BCUT2D eigenvalue weighted by molar-refractivity contribution is 0.718. The van der Waals surface area contributed by atoms with Gasteiger partial charge in [0.05, 0.1) is 0 Å². The summed E-state index contributed by atoms with van der Waals surface area (Å²) in [5, 5.41) is 0. The summed E-state index contributed by atoms with van der Waals surface area (Å²) in [4.78, 5) is 0. The highest BCUT2D eigenvalue weighted by Crippen LogP contribution is 2.51. The minimum atomic E-state index is 0.474. The Balaban J connectivity index is 1.94. The molecule has 0 amide bonds. The van der Waals surface area contributed by atoms with E-state index in [9.17, 15) is 0 Å². The number of quaternary nitrogens is 1. The topological polar surface area (TPSA) is 0 Å². The van der Waals surface area contributed by atoms with Crippen LogP contribution in [0.1, 0.15) is 11.1 Å². The molecule has 0 atom stereocenters. The van der Waals surface area contributed by atoms with Crippen LogP contribution in [0.2, 0.25) is 0 Å². The average Bonchev–Trinajstić information content (AvgIpc) is 2.91. The summed E-state index contributed by atoms with van der Waals surface area (Å²) >= 11 is 0. The van der Waals surface area contributed by atoms with Gasteiger partial charge in [0.15, 0.2) is 5.70 Å². The van der Waals surface area contributed by atoms with Crippen molar-refractivity contribution in [3.63, 3.8) is 0 Å². The fourth-order valence-corrected chi connectivity index (χ4v) is 4.51. The van der Waals surface area contributed by atoms with Gasteiger partial charge in [0, 0.05) is 48.0 Å². The first-order chi connectivity index (χ1) is 16.4. The summed E-state index contributed by atoms with van der Waals surface area (Å²) in [6, 6.07) is 53.6. The van der Waals surface area contributed by atoms with Crippen LogP contribution in [-0.2, 0) is 0 Å². The van der Waals surface area contributed by atoms with Crippen molar-refractivity contribution >= 4 is 28.8 Å². The molecule has 1 heteroatoms. The van der Waals surface area contributed by atoms with Crippen molar-refractivity contribution in [3.8, 4) is 0 Å². The van der Waals surface area contributed by atoms with E-state index in [0.29, 0.717) is 4.48 Å². The van der Waals surface area contributed by atoms with Gasteiger partial charge in [0.25, 0.3) is 0 Å². The van der Waals surface area contributed by atoms with E-state index in [4.69, 9.17) is 0 Å². The first kappa shape index (κ1) is 20.7. The van der Waals surface area contributed by atoms with Crippen LogP contribution in [0, 0.1) is 0 Å². The fraction of sp³-hybridized carbons (Fsp3) is 0. The molecule has 0 fully saturated rings. The molecule has 0 radical (unpaired) electrons. The Morgan fingerprint density at radius 2 is 0.727 bits per heavy atom. The van der Waals surface area contributed by atoms with Crippen molar-refractivity contribution in [2.24, 2.45) is 0 Å². The predicted molar refractivity (Wildman–Crippen MR) is 141 cm³/mol. The Hall–Kier alpha value is -4.20. The Labute approximate surface area is 196 Å². The van der Waals surface area contributed by atoms with Crippen LogP contribution in [0.5, 0.6) is 0 Å². The zero-order chi connectivity index (χ0) is 22.3. The second-order valence-electron chi connectivity index (χ2n) is 7.98. The third-order valence-corrected chi connectivity index (χ3v) is 5.96. The highest BCUT2D eigenvalue weighted by Gasteiger charge is 2.41. The molecule has 0 aliphatic rings. The number of nitrogens with zero attached hydrogens (tertiary/aromatic N) is 1. The minimum Gasteiger partial charge on any atom is -0.194 e. The van der Waals surface area contributed by atoms with Crippen molar-refractivity contribution < 1.29 is 0 Å². The zero-order valence-electron chi connectivity index (χ0n) is 18.5. The second kappa shape index (κ2) is 9.52. The number of rotatable bonds is 6. The van der Waals surface area contributed by atoms with Gasteiger partial charge >= 0.3 is 0 Å². The summed E-state index contributed by atoms with van der Waals surface area (Å²) in [7, 11) is 0. The van der Waals surface area contributed by atoms with E-state index in [-0.39, 0.29) is 0 Å². The Kier molecular flexibility index (Phi) is 5.97. The molecule has 0 saturated heterocycles. The van der Waals surface area contributed by atoms with Crippen LogP contribution in [0.4, 0.5) is 17.1 Å². The van der Waals surface area contributed by atoms with E-state index in [1.54, 1.807) is 0 Å². The van der Waals surface area contributed by atoms with Gasteiger partial charge in [-0.2, -0.15) is 4.48 Å². The van der Waals surface area contributed by atoms with Crippen LogP contribution in [0.3, 0.4) is 0 Å². The lowest BCUT2D eigenvalue weighted by Gasteiger charge is -2.39. The molecule has 0 heterocycles. The van der Waals surface area contributed by atoms with Gasteiger partial charge in [0.2, 0.25) is 0 Å². The first-order valence-electron chi connectivity index (χ1n) is 11.3. The van der Waals surface area contributed by atoms with Crippen LogP contribution in [0.15, 0.2) is 152 Å². The maximum Gasteiger partial charge on any atom is 0.156 e. The number of para-hydroxylation sites is 3. The number of hydrogen-bond donors (Lipinski definition) is 0. The summed E-state index contributed by atoms with van der Waals surface area (Å²) in [5.74, 6) is 0. The Morgan fingerprint density at radius 3 is 1.12 bits per heavy atom. The van der Waals surface area contributed by atoms with Crippen molar-refractivity contribution in [2.75, 3.05) is 0 Å². The molecule has 0 spiro atoms. The molecule has 0 bridgehead atoms. The highest BCUT2D eigenvalue weighted by molar-refractivity contribution is 5.97. The summed E-state index contributed by atoms with van der Waals surface area (Å²) in [6.07, 6.45) is 2.32. The maximum absolute atomic E-state index is 2.32. The van der Waals surface area contributed by atoms with Crippen LogP contribution >= 0.6 is 0 Å². The quantitative estimate of drug-likeness (QED) is 0.189. The van der Waals surface area contributed by atoms with Gasteiger partial charge in [-0.1, -0.05) is 103 Å². The fourth-order valence-electron chi connectivity index (χ4n) is 4.51. The van der Waals surface area contributed by atoms with Crippen LogP contribution in [0.25, 0.3) is 11.8 Å². The van der Waals surface area contributed by atoms with E-state index in [1.807, 2.05) is 0 Å². The number of hydrogen-bond acceptors (Lipinski definition) is 0. The molecule has 0 N–H and O–H groups in total. The van der Waals surface area contributed by atoms with Gasteiger partial charge in [0.1, 0.15) is 17.1 Å². The molecule has 0 aromatic heterocycles. The van der Waals surface area contributed by atoms with Crippen LogP contribution in [-0.4, -0.2) is 0 Å². The molecule has 5 rings (SSSR count). The van der Waals surface area contributed by atoms with Crippen molar-refractivity contribution in [1.82, 2.24) is 4.48 Å². The Bertz CT molecular complexity index is 1210. The zero-order valence-corrected chi connectivity index (χ0v) is 18.5. The van der Waals surface area contributed by atoms with Gasteiger partial charge in [-0.05, 0) is 17.7 Å². The second-order valence-corrected chi connectivity index (χ2v) is 7.98. The van der Waals surface area contributed by atoms with Gasteiger partial charge in [-0.15, -0.1) is 0 Å². The van der Waals surface area contributed by atoms with E-state index < -0.39 is 0 Å². The van der Waals surface area contributed by atoms with E-state index >= 15 is 0 Å². The van der Waals surface area contributed by atoms with Gasteiger partial charge < -0.3 is 0 Å². The van der Waals surface area contributed by atoms with Crippen LogP contribution < -0.4 is 4.48 Å². The molecule has 0 unspecified atom stereocenters. The lowest BCUT2D eigenvalue weighted by atomic mass is 9.99. The summed E-state index contributed by atoms with van der Waals surface area (Å²) in [6.45, 7) is 0. The van der Waals surface area contributed by atoms with E-state index in [1.165, 1.54) is 33.9 Å². The molecule has 1 nitrogen and oxygen atoms in total. The molecule has 0 aliphatic carbocycles. The smallest absolute Gasteiger partial charge is 0.156 e. The molecular weight excluding hydrogens is 398 g/mol. The molecular formula is C32H26N+. The van der Waals surface area contributed by atoms with Crippen molar-refractivity contribution in [1.29, 1.82) is 0 Å². The highest BCUT2D eigenvalue weighted by atomic mass is 15.4. The molecule has 5 aromatic carbocycles. The maximum atomic E-state index is 2.32. The average molecular weight is 425 g/mol. The largest absolute Gasteiger partial charge is 0.194 e. The normalized spacial score (nSPS) is 11.8. The molecule has 0 aliphatic heterocycles. The van der Waals surface area contributed by atoms with Crippen molar-refractivity contribution in [2.45, 2.75) is 0 Å². The monoisotopic (exact) mass is 424 g/mol. The van der Waals surface area contributed by atoms with E-state index in [2.05, 4.69) is 158 Å². The predicted octanol–water partition coefficient (Wildman–Crippen LogP) is 8.86. The third-order valence-electron chi connectivity index (χ3n) is 5.96. The van der Waals surface area contributed by atoms with Gasteiger partial charge in [-0.3, -0.25) is 0 Å². The molecule has 158 valence electrons. The first-order valence-corrected chi connectivity index (χ1v) is 11.3. The minimum absolute atomic E-state index is 0.474. The summed E-state index contributed by atoms with van der Waals surface area (Å²) < 4.78 is 0.474. The summed E-state index contributed by atoms with van der Waals surface area (Å²) in [5.41, 5.74) is 7.08. The standard InChI is InChI=1S/C32H26N/c1-6-16-27(17-7-1)26-32(28-18-8-2-9-19-28)33(29-20-10-3-11-21-29,30-22-12-4-13-23-30)31-24-14-5-15-25-31/h1-26H/q+1.